The third-order valence-electron chi connectivity index (χ3n) is 17.8. The van der Waals surface area contributed by atoms with E-state index in [0.717, 1.165) is 57.8 Å². The number of carbonyl (C=O) groups excluding carboxylic acids is 3. The van der Waals surface area contributed by atoms with Crippen molar-refractivity contribution in [2.24, 2.45) is 0 Å². The second kappa shape index (κ2) is 72.6. The number of rotatable bonds is 72. The maximum absolute atomic E-state index is 13.0. The van der Waals surface area contributed by atoms with Crippen molar-refractivity contribution in [3.05, 3.63) is 12.2 Å². The van der Waals surface area contributed by atoms with Crippen molar-refractivity contribution in [2.45, 2.75) is 451 Å². The van der Waals surface area contributed by atoms with Gasteiger partial charge in [0, 0.05) is 19.3 Å². The number of esters is 3. The molecule has 0 aromatic rings. The van der Waals surface area contributed by atoms with Crippen molar-refractivity contribution in [2.75, 3.05) is 13.2 Å². The summed E-state index contributed by atoms with van der Waals surface area (Å²) in [5.41, 5.74) is 0. The van der Waals surface area contributed by atoms with E-state index in [-0.39, 0.29) is 31.1 Å². The maximum Gasteiger partial charge on any atom is 0.306 e. The molecule has 0 rings (SSSR count). The summed E-state index contributed by atoms with van der Waals surface area (Å²) in [5.74, 6) is -0.824. The largest absolute Gasteiger partial charge is 0.462 e. The van der Waals surface area contributed by atoms with Crippen LogP contribution in [0.4, 0.5) is 0 Å². The van der Waals surface area contributed by atoms with Crippen LogP contribution in [0, 0.1) is 0 Å². The summed E-state index contributed by atoms with van der Waals surface area (Å²) in [6.45, 7) is 6.73. The van der Waals surface area contributed by atoms with Crippen molar-refractivity contribution < 1.29 is 28.6 Å². The molecule has 0 heterocycles. The quantitative estimate of drug-likeness (QED) is 0.0261. The number of allylic oxidation sites excluding steroid dienone is 2. The molecule has 492 valence electrons. The Morgan fingerprint density at radius 3 is 0.602 bits per heavy atom. The van der Waals surface area contributed by atoms with Crippen molar-refractivity contribution in [1.29, 1.82) is 0 Å². The first-order valence-electron chi connectivity index (χ1n) is 38.2. The number of carbonyl (C=O) groups is 3. The first-order valence-corrected chi connectivity index (χ1v) is 38.2. The molecule has 0 saturated heterocycles. The van der Waals surface area contributed by atoms with Gasteiger partial charge in [-0.15, -0.1) is 0 Å². The fourth-order valence-corrected chi connectivity index (χ4v) is 12.0. The normalized spacial score (nSPS) is 12.0. The van der Waals surface area contributed by atoms with Gasteiger partial charge in [-0.25, -0.2) is 0 Å². The molecule has 0 aliphatic carbocycles. The van der Waals surface area contributed by atoms with Gasteiger partial charge in [0.1, 0.15) is 13.2 Å². The Morgan fingerprint density at radius 2 is 0.398 bits per heavy atom. The predicted octanol–water partition coefficient (Wildman–Crippen LogP) is 26.3. The van der Waals surface area contributed by atoms with E-state index in [9.17, 15) is 14.4 Å². The van der Waals surface area contributed by atoms with E-state index in [1.54, 1.807) is 0 Å². The zero-order valence-electron chi connectivity index (χ0n) is 56.8. The van der Waals surface area contributed by atoms with Crippen molar-refractivity contribution >= 4 is 17.9 Å². The summed E-state index contributed by atoms with van der Waals surface area (Å²) < 4.78 is 17.0. The molecule has 83 heavy (non-hydrogen) atoms. The molecule has 0 spiro atoms. The molecule has 0 aliphatic heterocycles. The smallest absolute Gasteiger partial charge is 0.306 e. The topological polar surface area (TPSA) is 78.9 Å². The van der Waals surface area contributed by atoms with Crippen molar-refractivity contribution in [1.82, 2.24) is 0 Å². The lowest BCUT2D eigenvalue weighted by atomic mass is 10.0. The van der Waals surface area contributed by atoms with E-state index in [4.69, 9.17) is 14.2 Å². The van der Waals surface area contributed by atoms with Crippen LogP contribution in [0.2, 0.25) is 0 Å². The molecule has 0 saturated carbocycles. The zero-order chi connectivity index (χ0) is 59.9. The third kappa shape index (κ3) is 70.8. The van der Waals surface area contributed by atoms with Crippen LogP contribution in [0.3, 0.4) is 0 Å². The van der Waals surface area contributed by atoms with Gasteiger partial charge in [-0.05, 0) is 44.9 Å². The Hall–Kier alpha value is -1.85. The van der Waals surface area contributed by atoms with Crippen molar-refractivity contribution in [3.63, 3.8) is 0 Å². The summed E-state index contributed by atoms with van der Waals surface area (Å²) in [5, 5.41) is 0. The zero-order valence-corrected chi connectivity index (χ0v) is 56.8. The van der Waals surface area contributed by atoms with Crippen LogP contribution in [0.5, 0.6) is 0 Å². The second-order valence-corrected chi connectivity index (χ2v) is 26.3. The van der Waals surface area contributed by atoms with Gasteiger partial charge in [-0.3, -0.25) is 14.4 Å². The van der Waals surface area contributed by atoms with Crippen LogP contribution in [-0.2, 0) is 28.6 Å². The molecule has 1 unspecified atom stereocenters. The number of hydrogen-bond acceptors (Lipinski definition) is 6. The number of hydrogen-bond donors (Lipinski definition) is 0. The predicted molar refractivity (Wildman–Crippen MR) is 363 cm³/mol. The molecule has 6 nitrogen and oxygen atoms in total. The molecule has 1 atom stereocenters. The van der Waals surface area contributed by atoms with Crippen LogP contribution in [0.15, 0.2) is 12.2 Å². The monoisotopic (exact) mass is 1170 g/mol. The molecule has 0 aliphatic rings. The summed E-state index contributed by atoms with van der Waals surface area (Å²) in [6, 6.07) is 0. The fraction of sp³-hybridized carbons (Fsp3) is 0.935. The summed E-state index contributed by atoms with van der Waals surface area (Å²) in [4.78, 5) is 38.4. The maximum atomic E-state index is 13.0. The van der Waals surface area contributed by atoms with Gasteiger partial charge in [0.25, 0.3) is 0 Å². The molecule has 6 heteroatoms. The summed E-state index contributed by atoms with van der Waals surface area (Å²) >= 11 is 0. The molecule has 0 aromatic carbocycles. The lowest BCUT2D eigenvalue weighted by molar-refractivity contribution is -0.167. The first kappa shape index (κ1) is 81.2. The van der Waals surface area contributed by atoms with Gasteiger partial charge in [0.05, 0.1) is 0 Å². The SMILES string of the molecule is CCCCCCCCCC/C=C\CCCCCCCCCCCCCCCCCCCC(=O)OCC(COC(=O)CCCCCCCCCCCCC)OC(=O)CCCCCCCCCCCCCCCCCCCCCCCCCCC. The Morgan fingerprint density at radius 1 is 0.229 bits per heavy atom. The number of unbranched alkanes of at least 4 members (excludes halogenated alkanes) is 59. The first-order chi connectivity index (χ1) is 41.0. The lowest BCUT2D eigenvalue weighted by Gasteiger charge is -2.18. The van der Waals surface area contributed by atoms with Gasteiger partial charge in [0.2, 0.25) is 0 Å². The Bertz CT molecular complexity index is 1300. The van der Waals surface area contributed by atoms with Gasteiger partial charge in [0.15, 0.2) is 6.10 Å². The van der Waals surface area contributed by atoms with Gasteiger partial charge in [-0.2, -0.15) is 0 Å². The van der Waals surface area contributed by atoms with Crippen molar-refractivity contribution in [3.8, 4) is 0 Å². The highest BCUT2D eigenvalue weighted by Gasteiger charge is 2.20. The molecule has 0 amide bonds. The van der Waals surface area contributed by atoms with E-state index in [0.29, 0.717) is 19.3 Å². The highest BCUT2D eigenvalue weighted by Crippen LogP contribution is 2.20. The number of ether oxygens (including phenoxy) is 3. The second-order valence-electron chi connectivity index (χ2n) is 26.3. The molecule has 0 radical (unpaired) electrons. The Kier molecular flexibility index (Phi) is 71.0. The van der Waals surface area contributed by atoms with Gasteiger partial charge < -0.3 is 14.2 Å². The molecule has 0 aromatic heterocycles. The fourth-order valence-electron chi connectivity index (χ4n) is 12.0. The lowest BCUT2D eigenvalue weighted by Crippen LogP contribution is -2.30. The van der Waals surface area contributed by atoms with Gasteiger partial charge in [-0.1, -0.05) is 392 Å². The molecule has 0 N–H and O–H groups in total. The minimum absolute atomic E-state index is 0.0620. The highest BCUT2D eigenvalue weighted by atomic mass is 16.6. The summed E-state index contributed by atoms with van der Waals surface area (Å²) in [6.07, 6.45) is 88.5. The van der Waals surface area contributed by atoms with Crippen LogP contribution in [-0.4, -0.2) is 37.2 Å². The van der Waals surface area contributed by atoms with E-state index < -0.39 is 6.10 Å². The standard InChI is InChI=1S/C77H148O6/c1-4-7-10-13-16-19-22-24-26-28-30-32-34-36-37-38-39-41-42-44-46-48-50-52-55-58-61-64-67-70-76(79)82-73-74(72-81-75(78)69-66-63-60-57-54-21-18-15-12-9-6-3)83-77(80)71-68-65-62-59-56-53-51-49-47-45-43-40-35-33-31-29-27-25-23-20-17-14-11-8-5-2/h28,30,74H,4-27,29,31-73H2,1-3H3/b30-28-. The Labute approximate surface area is 520 Å². The molecule has 0 bridgehead atoms. The average molecular weight is 1170 g/mol. The minimum Gasteiger partial charge on any atom is -0.462 e. The average Bonchev–Trinajstić information content (AvgIpc) is 3.48. The van der Waals surface area contributed by atoms with E-state index >= 15 is 0 Å². The summed E-state index contributed by atoms with van der Waals surface area (Å²) in [7, 11) is 0. The molecule has 0 fully saturated rings. The Balaban J connectivity index is 4.10. The van der Waals surface area contributed by atoms with Crippen LogP contribution < -0.4 is 0 Å². The highest BCUT2D eigenvalue weighted by molar-refractivity contribution is 5.71. The minimum atomic E-state index is -0.765. The van der Waals surface area contributed by atoms with E-state index in [1.165, 1.54) is 347 Å². The molecular weight excluding hydrogens is 1020 g/mol. The van der Waals surface area contributed by atoms with Crippen LogP contribution >= 0.6 is 0 Å². The third-order valence-corrected chi connectivity index (χ3v) is 17.8. The van der Waals surface area contributed by atoms with E-state index in [2.05, 4.69) is 32.9 Å². The molecular formula is C77H148O6. The van der Waals surface area contributed by atoms with Gasteiger partial charge >= 0.3 is 17.9 Å². The van der Waals surface area contributed by atoms with Crippen LogP contribution in [0.1, 0.15) is 445 Å². The van der Waals surface area contributed by atoms with E-state index in [1.807, 2.05) is 0 Å². The van der Waals surface area contributed by atoms with Crippen LogP contribution in [0.25, 0.3) is 0 Å².